The van der Waals surface area contributed by atoms with Crippen LogP contribution < -0.4 is 5.32 Å². The lowest BCUT2D eigenvalue weighted by atomic mass is 10.0. The first-order valence-corrected chi connectivity index (χ1v) is 6.90. The number of anilines is 1. The monoisotopic (exact) mass is 273 g/mol. The first-order valence-electron chi connectivity index (χ1n) is 6.90. The zero-order valence-corrected chi connectivity index (χ0v) is 12.0. The molecule has 0 amide bonds. The van der Waals surface area contributed by atoms with Crippen molar-refractivity contribution >= 4 is 5.69 Å². The Morgan fingerprint density at radius 3 is 2.95 bits per heavy atom. The molecule has 2 atom stereocenters. The van der Waals surface area contributed by atoms with Crippen molar-refractivity contribution in [2.75, 3.05) is 12.4 Å². The van der Waals surface area contributed by atoms with Crippen LogP contribution >= 0.6 is 0 Å². The van der Waals surface area contributed by atoms with Crippen molar-refractivity contribution in [1.29, 1.82) is 0 Å². The summed E-state index contributed by atoms with van der Waals surface area (Å²) in [7, 11) is 1.67. The van der Waals surface area contributed by atoms with E-state index in [2.05, 4.69) is 27.6 Å². The second-order valence-corrected chi connectivity index (χ2v) is 5.30. The van der Waals surface area contributed by atoms with Crippen LogP contribution in [0.1, 0.15) is 43.6 Å². The van der Waals surface area contributed by atoms with Crippen LogP contribution in [0.3, 0.4) is 0 Å². The average Bonchev–Trinajstić information content (AvgIpc) is 3.12. The van der Waals surface area contributed by atoms with Gasteiger partial charge in [-0.1, -0.05) is 30.3 Å². The highest BCUT2D eigenvalue weighted by molar-refractivity contribution is 5.56. The first kappa shape index (κ1) is 13.1. The predicted molar refractivity (Wildman–Crippen MR) is 75.5 cm³/mol. The maximum Gasteiger partial charge on any atom is 0.249 e. The molecule has 106 valence electrons. The lowest BCUT2D eigenvalue weighted by molar-refractivity contribution is -0.0106. The molecule has 0 saturated heterocycles. The Kier molecular flexibility index (Phi) is 3.22. The number of aromatic nitrogens is 2. The molecule has 1 N–H and O–H groups in total. The number of ether oxygens (including phenoxy) is 1. The van der Waals surface area contributed by atoms with Crippen LogP contribution in [-0.2, 0) is 16.8 Å². The summed E-state index contributed by atoms with van der Waals surface area (Å²) in [5, 5.41) is 7.50. The normalized spacial score (nSPS) is 20.2. The number of methoxy groups -OCH3 is 1. The molecule has 1 aliphatic rings. The van der Waals surface area contributed by atoms with Crippen LogP contribution in [0.5, 0.6) is 0 Å². The minimum Gasteiger partial charge on any atom is -0.373 e. The van der Waals surface area contributed by atoms with E-state index in [0.29, 0.717) is 11.7 Å². The van der Waals surface area contributed by atoms with E-state index >= 15 is 0 Å². The molecular weight excluding hydrogens is 254 g/mol. The molecule has 1 aliphatic heterocycles. The van der Waals surface area contributed by atoms with Crippen molar-refractivity contribution < 1.29 is 9.26 Å². The number of hydrogen-bond acceptors (Lipinski definition) is 5. The fourth-order valence-corrected chi connectivity index (χ4v) is 2.43. The molecule has 1 unspecified atom stereocenters. The van der Waals surface area contributed by atoms with Gasteiger partial charge in [-0.25, -0.2) is 0 Å². The average molecular weight is 273 g/mol. The van der Waals surface area contributed by atoms with Crippen molar-refractivity contribution in [3.8, 4) is 0 Å². The zero-order chi connectivity index (χ0) is 14.2. The number of benzene rings is 1. The minimum atomic E-state index is -0.493. The minimum absolute atomic E-state index is 0.0478. The van der Waals surface area contributed by atoms with E-state index < -0.39 is 5.60 Å². The number of rotatable bonds is 4. The summed E-state index contributed by atoms with van der Waals surface area (Å²) in [5.74, 6) is 1.23. The summed E-state index contributed by atoms with van der Waals surface area (Å²) in [6.45, 7) is 4.02. The summed E-state index contributed by atoms with van der Waals surface area (Å²) < 4.78 is 10.9. The van der Waals surface area contributed by atoms with Gasteiger partial charge in [0.15, 0.2) is 0 Å². The molecule has 0 spiro atoms. The van der Waals surface area contributed by atoms with Crippen molar-refractivity contribution in [1.82, 2.24) is 10.1 Å². The number of hydrogen-bond donors (Lipinski definition) is 1. The largest absolute Gasteiger partial charge is 0.373 e. The third-order valence-electron chi connectivity index (χ3n) is 4.11. The Hall–Kier alpha value is -1.88. The third-order valence-corrected chi connectivity index (χ3v) is 4.11. The van der Waals surface area contributed by atoms with Crippen LogP contribution in [-0.4, -0.2) is 17.3 Å². The molecular formula is C15H19N3O2. The molecule has 1 aromatic heterocycles. The molecule has 0 aliphatic carbocycles. The fraction of sp³-hybridized carbons (Fsp3) is 0.467. The van der Waals surface area contributed by atoms with Gasteiger partial charge < -0.3 is 14.6 Å². The molecule has 0 saturated carbocycles. The topological polar surface area (TPSA) is 60.2 Å². The number of nitrogens with zero attached hydrogens (tertiary/aromatic N) is 2. The summed E-state index contributed by atoms with van der Waals surface area (Å²) in [5.41, 5.74) is 1.93. The van der Waals surface area contributed by atoms with Crippen LogP contribution in [0.15, 0.2) is 28.8 Å². The highest BCUT2D eigenvalue weighted by Gasteiger charge is 2.33. The Labute approximate surface area is 118 Å². The second kappa shape index (κ2) is 4.90. The molecule has 5 heteroatoms. The van der Waals surface area contributed by atoms with E-state index in [1.165, 1.54) is 5.56 Å². The quantitative estimate of drug-likeness (QED) is 0.927. The summed E-state index contributed by atoms with van der Waals surface area (Å²) >= 11 is 0. The number of fused-ring (bicyclic) bond motifs is 1. The maximum absolute atomic E-state index is 5.51. The van der Waals surface area contributed by atoms with Crippen LogP contribution in [0.4, 0.5) is 5.69 Å². The van der Waals surface area contributed by atoms with E-state index in [0.717, 1.165) is 18.5 Å². The van der Waals surface area contributed by atoms with Gasteiger partial charge in [0.1, 0.15) is 11.6 Å². The van der Waals surface area contributed by atoms with E-state index in [1.54, 1.807) is 7.11 Å². The van der Waals surface area contributed by atoms with Gasteiger partial charge in [0.2, 0.25) is 11.7 Å². The number of para-hydroxylation sites is 1. The smallest absolute Gasteiger partial charge is 0.249 e. The van der Waals surface area contributed by atoms with Gasteiger partial charge in [0.25, 0.3) is 0 Å². The molecule has 0 fully saturated rings. The Morgan fingerprint density at radius 2 is 2.25 bits per heavy atom. The molecule has 2 heterocycles. The van der Waals surface area contributed by atoms with Gasteiger partial charge in [-0.15, -0.1) is 0 Å². The highest BCUT2D eigenvalue weighted by Crippen LogP contribution is 2.34. The van der Waals surface area contributed by atoms with Crippen LogP contribution in [0, 0.1) is 0 Å². The van der Waals surface area contributed by atoms with E-state index in [9.17, 15) is 0 Å². The van der Waals surface area contributed by atoms with Crippen LogP contribution in [0.2, 0.25) is 0 Å². The van der Waals surface area contributed by atoms with Crippen LogP contribution in [0.25, 0.3) is 0 Å². The van der Waals surface area contributed by atoms with Gasteiger partial charge in [0.05, 0.1) is 0 Å². The lowest BCUT2D eigenvalue weighted by Crippen LogP contribution is -2.25. The van der Waals surface area contributed by atoms with Crippen molar-refractivity contribution in [2.45, 2.75) is 38.3 Å². The highest BCUT2D eigenvalue weighted by atomic mass is 16.5. The molecule has 0 radical (unpaired) electrons. The summed E-state index contributed by atoms with van der Waals surface area (Å²) in [6, 6.07) is 8.29. The Bertz CT molecular complexity index is 580. The van der Waals surface area contributed by atoms with Gasteiger partial charge >= 0.3 is 0 Å². The molecule has 20 heavy (non-hydrogen) atoms. The van der Waals surface area contributed by atoms with Gasteiger partial charge in [0, 0.05) is 19.2 Å². The number of nitrogens with one attached hydrogen (secondary N) is 1. The van der Waals surface area contributed by atoms with Crippen molar-refractivity contribution in [2.24, 2.45) is 0 Å². The zero-order valence-electron chi connectivity index (χ0n) is 12.0. The Balaban J connectivity index is 1.83. The van der Waals surface area contributed by atoms with E-state index in [4.69, 9.17) is 9.26 Å². The van der Waals surface area contributed by atoms with Gasteiger partial charge in [-0.3, -0.25) is 0 Å². The first-order chi connectivity index (χ1) is 9.66. The van der Waals surface area contributed by atoms with Gasteiger partial charge in [-0.05, 0) is 25.0 Å². The van der Waals surface area contributed by atoms with E-state index in [-0.39, 0.29) is 6.04 Å². The SMILES string of the molecule is CCC(C)(OC)c1noc([C@@H]2Cc3ccccc3N2)n1. The molecule has 1 aromatic carbocycles. The molecule has 3 rings (SSSR count). The van der Waals surface area contributed by atoms with E-state index in [1.807, 2.05) is 26.0 Å². The predicted octanol–water partition coefficient (Wildman–Crippen LogP) is 3.05. The van der Waals surface area contributed by atoms with Crippen molar-refractivity contribution in [3.05, 3.63) is 41.5 Å². The summed E-state index contributed by atoms with van der Waals surface area (Å²) in [6.07, 6.45) is 1.66. The molecule has 2 aromatic rings. The maximum atomic E-state index is 5.51. The standard InChI is InChI=1S/C15H19N3O2/c1-4-15(2,19-3)14-17-13(20-18-14)12-9-10-7-5-6-8-11(10)16-12/h5-8,12,16H,4,9H2,1-3H3/t12-,15?/m0/s1. The lowest BCUT2D eigenvalue weighted by Gasteiger charge is -2.21. The summed E-state index contributed by atoms with van der Waals surface area (Å²) in [4.78, 5) is 4.52. The van der Waals surface area contributed by atoms with Gasteiger partial charge in [-0.2, -0.15) is 4.98 Å². The fourth-order valence-electron chi connectivity index (χ4n) is 2.43. The second-order valence-electron chi connectivity index (χ2n) is 5.30. The van der Waals surface area contributed by atoms with Crippen molar-refractivity contribution in [3.63, 3.8) is 0 Å². The molecule has 5 nitrogen and oxygen atoms in total. The third kappa shape index (κ3) is 2.08. The Morgan fingerprint density at radius 1 is 1.45 bits per heavy atom. The molecule has 0 bridgehead atoms.